The number of hydrogen-bond acceptors (Lipinski definition) is 2. The van der Waals surface area contributed by atoms with Crippen molar-refractivity contribution in [2.24, 2.45) is 0 Å². The lowest BCUT2D eigenvalue weighted by Crippen LogP contribution is -2.65. The van der Waals surface area contributed by atoms with E-state index in [4.69, 9.17) is 11.1 Å². The quantitative estimate of drug-likeness (QED) is 0.598. The van der Waals surface area contributed by atoms with E-state index in [-0.39, 0.29) is 0 Å². The average molecular weight is 347 g/mol. The second-order valence-electron chi connectivity index (χ2n) is 7.57. The predicted molar refractivity (Wildman–Crippen MR) is 102 cm³/mol. The molecule has 6 heteroatoms. The molecule has 1 rings (SSSR count). The van der Waals surface area contributed by atoms with E-state index in [0.29, 0.717) is 0 Å². The highest BCUT2D eigenvalue weighted by atomic mass is 35.6. The third-order valence-corrected chi connectivity index (χ3v) is 12.1. The summed E-state index contributed by atoms with van der Waals surface area (Å²) in [4.78, 5) is 4.53. The topological polar surface area (TPSA) is 16.1 Å². The summed E-state index contributed by atoms with van der Waals surface area (Å²) in [5.74, 6) is 0. The van der Waals surface area contributed by atoms with E-state index < -0.39 is 23.9 Å². The molecule has 1 aromatic heterocycles. The molecule has 2 nitrogen and oxygen atoms in total. The minimum atomic E-state index is -1.53. The summed E-state index contributed by atoms with van der Waals surface area (Å²) in [5, 5.41) is 1.29. The van der Waals surface area contributed by atoms with Gasteiger partial charge in [-0.15, -0.1) is 0 Å². The van der Waals surface area contributed by atoms with Crippen LogP contribution in [0.5, 0.6) is 0 Å². The first-order chi connectivity index (χ1) is 8.76. The number of halogens is 1. The van der Waals surface area contributed by atoms with Crippen LogP contribution in [0.25, 0.3) is 0 Å². The zero-order chi connectivity index (χ0) is 16.2. The van der Waals surface area contributed by atoms with Crippen LogP contribution in [0.3, 0.4) is 0 Å². The Hall–Kier alpha value is 0.0506. The maximum Gasteiger partial charge on any atom is 0.169 e. The molecule has 1 heterocycles. The molecule has 0 atom stereocenters. The van der Waals surface area contributed by atoms with Crippen LogP contribution in [0.4, 0.5) is 0 Å². The SMILES string of the molecule is CN([Si](C)(C)C)[Si](C)(C)c1ccccn1.C[Si](C)(C)Cl. The Morgan fingerprint density at radius 3 is 1.70 bits per heavy atom. The Bertz CT molecular complexity index is 391. The van der Waals surface area contributed by atoms with E-state index in [1.54, 1.807) is 0 Å². The second-order valence-corrected chi connectivity index (χ2v) is 24.9. The zero-order valence-corrected chi connectivity index (χ0v) is 18.3. The fourth-order valence-corrected chi connectivity index (χ4v) is 10.0. The monoisotopic (exact) mass is 346 g/mol. The number of hydrogen-bond donors (Lipinski definition) is 0. The molecule has 0 bridgehead atoms. The first kappa shape index (κ1) is 20.1. The van der Waals surface area contributed by atoms with Gasteiger partial charge in [-0.05, 0) is 19.2 Å². The summed E-state index contributed by atoms with van der Waals surface area (Å²) >= 11 is 5.67. The Morgan fingerprint density at radius 1 is 0.950 bits per heavy atom. The molecule has 0 saturated carbocycles. The summed E-state index contributed by atoms with van der Waals surface area (Å²) < 4.78 is 2.63. The molecule has 0 aliphatic carbocycles. The summed E-state index contributed by atoms with van der Waals surface area (Å²) in [5.41, 5.74) is 0. The highest BCUT2D eigenvalue weighted by Crippen LogP contribution is 2.16. The second kappa shape index (κ2) is 7.36. The highest BCUT2D eigenvalue weighted by molar-refractivity contribution is 7.18. The minimum Gasteiger partial charge on any atom is -0.344 e. The number of nitrogens with zero attached hydrogens (tertiary/aromatic N) is 2. The molecule has 0 aliphatic rings. The molecule has 20 heavy (non-hydrogen) atoms. The van der Waals surface area contributed by atoms with Crippen LogP contribution in [-0.4, -0.2) is 40.1 Å². The van der Waals surface area contributed by atoms with Crippen LogP contribution in [0.15, 0.2) is 24.4 Å². The lowest BCUT2D eigenvalue weighted by atomic mass is 10.5. The molecule has 0 aromatic carbocycles. The standard InChI is InChI=1S/C11H22N2Si2.C3H9ClSi/c1-13(14(2,3)4)15(5,6)11-9-7-8-10-12-11;1-5(2,3)4/h7-10H,1-6H3;1-3H3. The van der Waals surface area contributed by atoms with Crippen LogP contribution in [0.2, 0.25) is 52.4 Å². The van der Waals surface area contributed by atoms with E-state index in [2.05, 4.69) is 80.8 Å². The van der Waals surface area contributed by atoms with E-state index in [9.17, 15) is 0 Å². The van der Waals surface area contributed by atoms with Gasteiger partial charge in [0.05, 0.1) is 0 Å². The van der Waals surface area contributed by atoms with Crippen molar-refractivity contribution < 1.29 is 0 Å². The third-order valence-electron chi connectivity index (χ3n) is 3.14. The number of aromatic nitrogens is 1. The van der Waals surface area contributed by atoms with Crippen molar-refractivity contribution in [2.75, 3.05) is 7.05 Å². The molecular formula is C14H31ClN2Si3. The largest absolute Gasteiger partial charge is 0.344 e. The van der Waals surface area contributed by atoms with Crippen molar-refractivity contribution in [1.82, 2.24) is 9.22 Å². The molecule has 0 spiro atoms. The van der Waals surface area contributed by atoms with Crippen LogP contribution in [0.1, 0.15) is 0 Å². The summed E-state index contributed by atoms with van der Waals surface area (Å²) in [7, 11) is -1.63. The van der Waals surface area contributed by atoms with Crippen molar-refractivity contribution in [1.29, 1.82) is 0 Å². The molecular weight excluding hydrogens is 316 g/mol. The van der Waals surface area contributed by atoms with E-state index >= 15 is 0 Å². The maximum absolute atomic E-state index is 5.67. The van der Waals surface area contributed by atoms with Crippen LogP contribution >= 0.6 is 11.1 Å². The fraction of sp³-hybridized carbons (Fsp3) is 0.643. The highest BCUT2D eigenvalue weighted by Gasteiger charge is 2.37. The summed E-state index contributed by atoms with van der Waals surface area (Å²) in [6.45, 7) is 18.2. The van der Waals surface area contributed by atoms with Crippen molar-refractivity contribution in [3.63, 3.8) is 0 Å². The van der Waals surface area contributed by atoms with Gasteiger partial charge in [0.25, 0.3) is 0 Å². The average Bonchev–Trinajstić information content (AvgIpc) is 2.25. The first-order valence-corrected chi connectivity index (χ1v) is 18.0. The predicted octanol–water partition coefficient (Wildman–Crippen LogP) is 4.32. The maximum atomic E-state index is 5.67. The van der Waals surface area contributed by atoms with E-state index in [1.807, 2.05) is 12.3 Å². The van der Waals surface area contributed by atoms with Gasteiger partial charge in [-0.25, -0.2) is 0 Å². The third kappa shape index (κ3) is 7.73. The minimum absolute atomic E-state index is 1.14. The van der Waals surface area contributed by atoms with Crippen LogP contribution < -0.4 is 5.32 Å². The van der Waals surface area contributed by atoms with Gasteiger partial charge in [0.15, 0.2) is 8.24 Å². The molecule has 116 valence electrons. The van der Waals surface area contributed by atoms with E-state index in [0.717, 1.165) is 0 Å². The van der Waals surface area contributed by atoms with Gasteiger partial charge in [-0.1, -0.05) is 58.4 Å². The van der Waals surface area contributed by atoms with Gasteiger partial charge in [0.1, 0.15) is 15.6 Å². The lowest BCUT2D eigenvalue weighted by Gasteiger charge is -2.41. The van der Waals surface area contributed by atoms with Crippen molar-refractivity contribution >= 4 is 40.3 Å². The Morgan fingerprint density at radius 2 is 1.40 bits per heavy atom. The molecule has 0 fully saturated rings. The van der Waals surface area contributed by atoms with Gasteiger partial charge in [-0.2, -0.15) is 11.1 Å². The first-order valence-electron chi connectivity index (χ1n) is 7.10. The molecule has 0 radical (unpaired) electrons. The molecule has 0 saturated heterocycles. The Balaban J connectivity index is 0.000000621. The molecule has 0 amide bonds. The molecule has 0 aliphatic heterocycles. The summed E-state index contributed by atoms with van der Waals surface area (Å²) in [6.07, 6.45) is 1.90. The van der Waals surface area contributed by atoms with Gasteiger partial charge in [-0.3, -0.25) is 4.98 Å². The van der Waals surface area contributed by atoms with Crippen molar-refractivity contribution in [2.45, 2.75) is 52.4 Å². The fourth-order valence-electron chi connectivity index (χ4n) is 1.74. The molecule has 0 unspecified atom stereocenters. The van der Waals surface area contributed by atoms with E-state index in [1.165, 1.54) is 5.32 Å². The lowest BCUT2D eigenvalue weighted by molar-refractivity contribution is 0.764. The molecule has 1 aromatic rings. The van der Waals surface area contributed by atoms with Crippen molar-refractivity contribution in [3.8, 4) is 0 Å². The van der Waals surface area contributed by atoms with Gasteiger partial charge in [0, 0.05) is 11.5 Å². The normalized spacial score (nSPS) is 12.9. The van der Waals surface area contributed by atoms with Crippen LogP contribution in [0, 0.1) is 0 Å². The van der Waals surface area contributed by atoms with Gasteiger partial charge >= 0.3 is 0 Å². The number of rotatable bonds is 3. The summed E-state index contributed by atoms with van der Waals surface area (Å²) in [6, 6.07) is 6.25. The van der Waals surface area contributed by atoms with Crippen molar-refractivity contribution in [3.05, 3.63) is 24.4 Å². The van der Waals surface area contributed by atoms with Crippen LogP contribution in [-0.2, 0) is 0 Å². The molecule has 0 N–H and O–H groups in total. The number of pyridine rings is 1. The zero-order valence-electron chi connectivity index (χ0n) is 14.6. The van der Waals surface area contributed by atoms with Gasteiger partial charge in [0.2, 0.25) is 0 Å². The Kier molecular flexibility index (Phi) is 7.37. The Labute approximate surface area is 133 Å². The smallest absolute Gasteiger partial charge is 0.169 e. The van der Waals surface area contributed by atoms with Gasteiger partial charge < -0.3 is 4.23 Å².